The van der Waals surface area contributed by atoms with Crippen molar-refractivity contribution in [1.29, 1.82) is 0 Å². The highest BCUT2D eigenvalue weighted by Gasteiger charge is 2.41. The monoisotopic (exact) mass is 430 g/mol. The van der Waals surface area contributed by atoms with Crippen molar-refractivity contribution in [2.75, 3.05) is 0 Å². The Morgan fingerprint density at radius 2 is 1.77 bits per heavy atom. The summed E-state index contributed by atoms with van der Waals surface area (Å²) in [7, 11) is 0. The average Bonchev–Trinajstić information content (AvgIpc) is 2.74. The predicted octanol–water partition coefficient (Wildman–Crippen LogP) is 1.17. The molecule has 0 saturated carbocycles. The number of ether oxygens (including phenoxy) is 2. The minimum atomic E-state index is -1.67. The van der Waals surface area contributed by atoms with Crippen molar-refractivity contribution in [1.82, 2.24) is 0 Å². The van der Waals surface area contributed by atoms with E-state index in [9.17, 15) is 30.0 Å². The number of carboxylic acid groups (broad SMARTS) is 1. The number of carboxylic acids is 1. The van der Waals surface area contributed by atoms with Gasteiger partial charge in [-0.3, -0.25) is 4.79 Å². The summed E-state index contributed by atoms with van der Waals surface area (Å²) in [6.45, 7) is 0. The molecule has 1 aliphatic heterocycles. The summed E-state index contributed by atoms with van der Waals surface area (Å²) >= 11 is 0. The molecular weight excluding hydrogens is 412 g/mol. The van der Waals surface area contributed by atoms with Crippen molar-refractivity contribution in [2.24, 2.45) is 0 Å². The lowest BCUT2D eigenvalue weighted by Crippen LogP contribution is -2.52. The molecule has 0 bridgehead atoms. The van der Waals surface area contributed by atoms with E-state index in [0.717, 1.165) is 6.07 Å². The molecule has 4 atom stereocenters. The van der Waals surface area contributed by atoms with Crippen LogP contribution < -0.4 is 10.2 Å². The van der Waals surface area contributed by atoms with Crippen LogP contribution in [0.4, 0.5) is 0 Å². The van der Waals surface area contributed by atoms with E-state index < -0.39 is 53.2 Å². The average molecular weight is 430 g/mol. The van der Waals surface area contributed by atoms with E-state index in [-0.39, 0.29) is 23.2 Å². The van der Waals surface area contributed by atoms with E-state index in [4.69, 9.17) is 19.0 Å². The van der Waals surface area contributed by atoms with Gasteiger partial charge in [-0.25, -0.2) is 4.79 Å². The van der Waals surface area contributed by atoms with Crippen molar-refractivity contribution < 1.29 is 44.2 Å². The van der Waals surface area contributed by atoms with Crippen LogP contribution in [0.1, 0.15) is 6.42 Å². The lowest BCUT2D eigenvalue weighted by atomic mass is 10.0. The van der Waals surface area contributed by atoms with Crippen molar-refractivity contribution in [3.05, 3.63) is 52.7 Å². The van der Waals surface area contributed by atoms with Gasteiger partial charge in [0, 0.05) is 24.1 Å². The molecule has 0 radical (unpaired) electrons. The number of hydrogen-bond acceptors (Lipinski definition) is 9. The Morgan fingerprint density at radius 3 is 2.45 bits per heavy atom. The third-order valence-electron chi connectivity index (χ3n) is 4.94. The highest BCUT2D eigenvalue weighted by atomic mass is 16.7. The number of rotatable bonds is 4. The second kappa shape index (κ2) is 7.91. The molecule has 10 nitrogen and oxygen atoms in total. The van der Waals surface area contributed by atoms with Gasteiger partial charge in [-0.05, 0) is 0 Å². The third kappa shape index (κ3) is 3.79. The summed E-state index contributed by atoms with van der Waals surface area (Å²) in [4.78, 5) is 23.7. The van der Waals surface area contributed by atoms with Crippen molar-refractivity contribution >= 4 is 16.9 Å². The van der Waals surface area contributed by atoms with Gasteiger partial charge in [0.1, 0.15) is 22.8 Å². The third-order valence-corrected chi connectivity index (χ3v) is 4.94. The lowest BCUT2D eigenvalue weighted by Gasteiger charge is -2.35. The van der Waals surface area contributed by atoms with Gasteiger partial charge in [-0.15, -0.1) is 0 Å². The number of hydrogen-bond donors (Lipinski definition) is 5. The quantitative estimate of drug-likeness (QED) is 0.379. The van der Waals surface area contributed by atoms with Crippen LogP contribution in [0.2, 0.25) is 0 Å². The number of phenolic OH excluding ortho intramolecular Hbond substituents is 2. The number of aliphatic hydroxyl groups excluding tert-OH is 2. The molecule has 3 aromatic rings. The van der Waals surface area contributed by atoms with Crippen LogP contribution in [0.15, 0.2) is 51.7 Å². The molecule has 31 heavy (non-hydrogen) atoms. The number of benzene rings is 2. The lowest BCUT2D eigenvalue weighted by molar-refractivity contribution is -0.238. The van der Waals surface area contributed by atoms with Crippen LogP contribution in [0.25, 0.3) is 22.3 Å². The summed E-state index contributed by atoms with van der Waals surface area (Å²) in [6, 6.07) is 11.0. The molecule has 1 fully saturated rings. The van der Waals surface area contributed by atoms with Crippen molar-refractivity contribution in [3.8, 4) is 28.6 Å². The molecule has 1 saturated heterocycles. The molecule has 2 heterocycles. The van der Waals surface area contributed by atoms with Gasteiger partial charge >= 0.3 is 5.97 Å². The molecule has 0 unspecified atom stereocenters. The molecule has 2 aromatic carbocycles. The molecule has 5 N–H and O–H groups in total. The van der Waals surface area contributed by atoms with Gasteiger partial charge in [0.25, 0.3) is 0 Å². The smallest absolute Gasteiger partial charge is 0.333 e. The second-order valence-corrected chi connectivity index (χ2v) is 7.03. The molecule has 10 heteroatoms. The molecule has 0 spiro atoms. The van der Waals surface area contributed by atoms with Crippen molar-refractivity contribution in [2.45, 2.75) is 31.0 Å². The molecule has 1 aliphatic rings. The fourth-order valence-corrected chi connectivity index (χ4v) is 3.32. The minimum Gasteiger partial charge on any atom is -0.504 e. The van der Waals surface area contributed by atoms with Gasteiger partial charge in [-0.1, -0.05) is 30.3 Å². The van der Waals surface area contributed by atoms with E-state index >= 15 is 0 Å². The number of fused-ring (bicyclic) bond motifs is 1. The van der Waals surface area contributed by atoms with E-state index in [2.05, 4.69) is 0 Å². The number of phenols is 2. The molecule has 1 aromatic heterocycles. The molecule has 4 rings (SSSR count). The minimum absolute atomic E-state index is 0.128. The van der Waals surface area contributed by atoms with Crippen molar-refractivity contribution in [3.63, 3.8) is 0 Å². The van der Waals surface area contributed by atoms with E-state index in [1.807, 2.05) is 0 Å². The van der Waals surface area contributed by atoms with Gasteiger partial charge in [0.05, 0.1) is 6.10 Å². The second-order valence-electron chi connectivity index (χ2n) is 7.03. The van der Waals surface area contributed by atoms with Crippen LogP contribution in [0.3, 0.4) is 0 Å². The normalized spacial score (nSPS) is 23.5. The highest BCUT2D eigenvalue weighted by molar-refractivity contribution is 5.89. The van der Waals surface area contributed by atoms with Gasteiger partial charge in [0.2, 0.25) is 12.0 Å². The number of aliphatic carboxylic acids is 1. The van der Waals surface area contributed by atoms with E-state index in [1.54, 1.807) is 30.3 Å². The van der Waals surface area contributed by atoms with Gasteiger partial charge < -0.3 is 39.4 Å². The zero-order valence-electron chi connectivity index (χ0n) is 15.8. The maximum Gasteiger partial charge on any atom is 0.333 e. The Hall–Kier alpha value is -3.60. The van der Waals surface area contributed by atoms with Crippen LogP contribution in [-0.4, -0.2) is 56.1 Å². The number of carbonyl (C=O) groups is 1. The number of aliphatic hydroxyl groups is 2. The molecule has 162 valence electrons. The highest BCUT2D eigenvalue weighted by Crippen LogP contribution is 2.42. The summed E-state index contributed by atoms with van der Waals surface area (Å²) in [5, 5.41) is 49.4. The molecular formula is C21H18O10. The Labute approximate surface area is 174 Å². The van der Waals surface area contributed by atoms with Crippen LogP contribution in [-0.2, 0) is 9.53 Å². The SMILES string of the molecule is O=C(O)[C@@H]1C[C@H](O)[C@@H](O)[C@H](Oc2cc3oc(-c4ccccc4)cc(=O)c3c(O)c2O)O1. The first-order valence-electron chi connectivity index (χ1n) is 9.25. The Morgan fingerprint density at radius 1 is 1.06 bits per heavy atom. The Balaban J connectivity index is 1.77. The van der Waals surface area contributed by atoms with Gasteiger partial charge in [-0.2, -0.15) is 0 Å². The first kappa shape index (κ1) is 20.7. The maximum atomic E-state index is 12.5. The zero-order valence-corrected chi connectivity index (χ0v) is 15.8. The van der Waals surface area contributed by atoms with E-state index in [0.29, 0.717) is 5.56 Å². The predicted molar refractivity (Wildman–Crippen MR) is 105 cm³/mol. The Kier molecular flexibility index (Phi) is 5.27. The summed E-state index contributed by atoms with van der Waals surface area (Å²) in [5.74, 6) is -3.27. The zero-order chi connectivity index (χ0) is 22.3. The van der Waals surface area contributed by atoms with Crippen LogP contribution in [0, 0.1) is 0 Å². The molecule has 0 aliphatic carbocycles. The standard InChI is InChI=1S/C21H18O10/c22-10-6-12(9-4-2-1-3-5-9)29-13-8-14(18(25)19(26)16(10)13)30-21-17(24)11(23)7-15(31-21)20(27)28/h1-6,8,11,15,17,21,23-26H,7H2,(H,27,28)/t11-,15-,17+,21+/m0/s1. The topological polar surface area (TPSA) is 167 Å². The van der Waals surface area contributed by atoms with Crippen LogP contribution in [0.5, 0.6) is 17.2 Å². The first-order chi connectivity index (χ1) is 14.8. The fourth-order valence-electron chi connectivity index (χ4n) is 3.32. The van der Waals surface area contributed by atoms with E-state index in [1.165, 1.54) is 6.07 Å². The van der Waals surface area contributed by atoms with Gasteiger partial charge in [0.15, 0.2) is 23.0 Å². The maximum absolute atomic E-state index is 12.5. The summed E-state index contributed by atoms with van der Waals surface area (Å²) < 4.78 is 16.2. The molecule has 0 amide bonds. The fraction of sp³-hybridized carbons (Fsp3) is 0.238. The number of aromatic hydroxyl groups is 2. The van der Waals surface area contributed by atoms with Crippen LogP contribution >= 0.6 is 0 Å². The Bertz CT molecular complexity index is 1190. The first-order valence-corrected chi connectivity index (χ1v) is 9.25. The summed E-state index contributed by atoms with van der Waals surface area (Å²) in [6.07, 6.45) is -6.58. The summed E-state index contributed by atoms with van der Waals surface area (Å²) in [5.41, 5.74) is -0.151. The largest absolute Gasteiger partial charge is 0.504 e.